The maximum absolute atomic E-state index is 6.02. The number of benzene rings is 1. The van der Waals surface area contributed by atoms with Crippen molar-refractivity contribution in [1.82, 2.24) is 4.98 Å². The molecule has 0 fully saturated rings. The van der Waals surface area contributed by atoms with Gasteiger partial charge in [-0.2, -0.15) is 0 Å². The Balaban J connectivity index is 2.13. The molecule has 1 heterocycles. The molecule has 0 saturated heterocycles. The average Bonchev–Trinajstić information content (AvgIpc) is 2.60. The summed E-state index contributed by atoms with van der Waals surface area (Å²) >= 11 is 0. The smallest absolute Gasteiger partial charge is 0.213 e. The maximum Gasteiger partial charge on any atom is 0.213 e. The standard InChI is InChI=1S/C20H27NO2/c1-4-13-23-20-15-17(10-12-21-20)18-8-6-7-9-19(18)22-14-11-16(3)5-2/h6-10,12,15-16H,4-5,11,13-14H2,1-3H3. The molecule has 0 aliphatic carbocycles. The molecule has 0 amide bonds. The van der Waals surface area contributed by atoms with Crippen LogP contribution in [0.25, 0.3) is 11.1 Å². The van der Waals surface area contributed by atoms with Crippen LogP contribution in [0.3, 0.4) is 0 Å². The van der Waals surface area contributed by atoms with Crippen LogP contribution in [0.15, 0.2) is 42.6 Å². The molecular weight excluding hydrogens is 286 g/mol. The molecule has 124 valence electrons. The van der Waals surface area contributed by atoms with E-state index in [0.717, 1.165) is 36.3 Å². The van der Waals surface area contributed by atoms with E-state index in [2.05, 4.69) is 31.8 Å². The first kappa shape index (κ1) is 17.3. The van der Waals surface area contributed by atoms with Crippen molar-refractivity contribution >= 4 is 0 Å². The van der Waals surface area contributed by atoms with E-state index in [-0.39, 0.29) is 0 Å². The van der Waals surface area contributed by atoms with E-state index >= 15 is 0 Å². The second kappa shape index (κ2) is 9.19. The van der Waals surface area contributed by atoms with E-state index in [1.807, 2.05) is 30.3 Å². The van der Waals surface area contributed by atoms with E-state index in [4.69, 9.17) is 9.47 Å². The van der Waals surface area contributed by atoms with Crippen molar-refractivity contribution < 1.29 is 9.47 Å². The Bertz CT molecular complexity index is 598. The van der Waals surface area contributed by atoms with Gasteiger partial charge in [-0.3, -0.25) is 0 Å². The summed E-state index contributed by atoms with van der Waals surface area (Å²) in [5, 5.41) is 0. The molecule has 3 heteroatoms. The van der Waals surface area contributed by atoms with Crippen LogP contribution in [0.1, 0.15) is 40.0 Å². The molecular formula is C20H27NO2. The molecule has 0 spiro atoms. The molecule has 2 aromatic rings. The van der Waals surface area contributed by atoms with Crippen LogP contribution in [-0.4, -0.2) is 18.2 Å². The summed E-state index contributed by atoms with van der Waals surface area (Å²) in [7, 11) is 0. The number of hydrogen-bond donors (Lipinski definition) is 0. The minimum Gasteiger partial charge on any atom is -0.493 e. The zero-order valence-corrected chi connectivity index (χ0v) is 14.4. The van der Waals surface area contributed by atoms with Crippen molar-refractivity contribution in [1.29, 1.82) is 0 Å². The third kappa shape index (κ3) is 5.27. The Morgan fingerprint density at radius 3 is 2.65 bits per heavy atom. The largest absolute Gasteiger partial charge is 0.493 e. The summed E-state index contributed by atoms with van der Waals surface area (Å²) < 4.78 is 11.7. The molecule has 1 aromatic heterocycles. The van der Waals surface area contributed by atoms with Crippen LogP contribution in [0.4, 0.5) is 0 Å². The fraction of sp³-hybridized carbons (Fsp3) is 0.450. The fourth-order valence-electron chi connectivity index (χ4n) is 2.27. The van der Waals surface area contributed by atoms with E-state index in [1.165, 1.54) is 6.42 Å². The Morgan fingerprint density at radius 1 is 1.04 bits per heavy atom. The molecule has 0 saturated carbocycles. The van der Waals surface area contributed by atoms with E-state index in [9.17, 15) is 0 Å². The minimum atomic E-state index is 0.666. The summed E-state index contributed by atoms with van der Waals surface area (Å²) in [5.41, 5.74) is 2.16. The van der Waals surface area contributed by atoms with Crippen molar-refractivity contribution in [3.05, 3.63) is 42.6 Å². The number of hydrogen-bond acceptors (Lipinski definition) is 3. The van der Waals surface area contributed by atoms with Gasteiger partial charge >= 0.3 is 0 Å². The molecule has 3 nitrogen and oxygen atoms in total. The summed E-state index contributed by atoms with van der Waals surface area (Å²) in [6.45, 7) is 7.99. The Morgan fingerprint density at radius 2 is 1.87 bits per heavy atom. The molecule has 2 rings (SSSR count). The van der Waals surface area contributed by atoms with Gasteiger partial charge in [0.15, 0.2) is 0 Å². The molecule has 0 bridgehead atoms. The van der Waals surface area contributed by atoms with Gasteiger partial charge < -0.3 is 9.47 Å². The first-order chi connectivity index (χ1) is 11.2. The zero-order chi connectivity index (χ0) is 16.5. The number of pyridine rings is 1. The van der Waals surface area contributed by atoms with Crippen molar-refractivity contribution in [2.24, 2.45) is 5.92 Å². The van der Waals surface area contributed by atoms with Crippen molar-refractivity contribution in [3.8, 4) is 22.8 Å². The van der Waals surface area contributed by atoms with Gasteiger partial charge in [0.2, 0.25) is 5.88 Å². The number of rotatable bonds is 9. The molecule has 0 radical (unpaired) electrons. The lowest BCUT2D eigenvalue weighted by atomic mass is 10.1. The van der Waals surface area contributed by atoms with Gasteiger partial charge in [0.25, 0.3) is 0 Å². The summed E-state index contributed by atoms with van der Waals surface area (Å²) in [4.78, 5) is 4.27. The molecule has 1 unspecified atom stereocenters. The van der Waals surface area contributed by atoms with Gasteiger partial charge in [-0.1, -0.05) is 45.4 Å². The first-order valence-electron chi connectivity index (χ1n) is 8.55. The highest BCUT2D eigenvalue weighted by molar-refractivity contribution is 5.70. The highest BCUT2D eigenvalue weighted by Crippen LogP contribution is 2.31. The van der Waals surface area contributed by atoms with Gasteiger partial charge in [0, 0.05) is 17.8 Å². The SMILES string of the molecule is CCCOc1cc(-c2ccccc2OCCC(C)CC)ccn1. The second-order valence-electron chi connectivity index (χ2n) is 5.88. The average molecular weight is 313 g/mol. The molecule has 0 aliphatic rings. The highest BCUT2D eigenvalue weighted by Gasteiger charge is 2.08. The van der Waals surface area contributed by atoms with Crippen LogP contribution >= 0.6 is 0 Å². The molecule has 1 aromatic carbocycles. The Hall–Kier alpha value is -2.03. The third-order valence-electron chi connectivity index (χ3n) is 3.95. The summed E-state index contributed by atoms with van der Waals surface area (Å²) in [6.07, 6.45) is 5.02. The van der Waals surface area contributed by atoms with Crippen molar-refractivity contribution in [2.45, 2.75) is 40.0 Å². The Kier molecular flexibility index (Phi) is 6.92. The van der Waals surface area contributed by atoms with E-state index < -0.39 is 0 Å². The lowest BCUT2D eigenvalue weighted by Gasteiger charge is -2.14. The Labute approximate surface area is 139 Å². The highest BCUT2D eigenvalue weighted by atomic mass is 16.5. The predicted molar refractivity (Wildman–Crippen MR) is 95.0 cm³/mol. The lowest BCUT2D eigenvalue weighted by Crippen LogP contribution is -2.04. The maximum atomic E-state index is 6.02. The fourth-order valence-corrected chi connectivity index (χ4v) is 2.27. The quantitative estimate of drug-likeness (QED) is 0.625. The van der Waals surface area contributed by atoms with Crippen molar-refractivity contribution in [3.63, 3.8) is 0 Å². The predicted octanol–water partition coefficient (Wildman–Crippen LogP) is 5.35. The van der Waals surface area contributed by atoms with Gasteiger partial charge in [0.05, 0.1) is 13.2 Å². The first-order valence-corrected chi connectivity index (χ1v) is 8.55. The normalized spacial score (nSPS) is 12.0. The van der Waals surface area contributed by atoms with Crippen LogP contribution in [0.2, 0.25) is 0 Å². The molecule has 0 N–H and O–H groups in total. The minimum absolute atomic E-state index is 0.666. The number of aromatic nitrogens is 1. The summed E-state index contributed by atoms with van der Waals surface area (Å²) in [5.74, 6) is 2.28. The van der Waals surface area contributed by atoms with Crippen LogP contribution in [0.5, 0.6) is 11.6 Å². The van der Waals surface area contributed by atoms with Crippen LogP contribution in [0, 0.1) is 5.92 Å². The monoisotopic (exact) mass is 313 g/mol. The van der Waals surface area contributed by atoms with Crippen LogP contribution in [-0.2, 0) is 0 Å². The second-order valence-corrected chi connectivity index (χ2v) is 5.88. The van der Waals surface area contributed by atoms with E-state index in [0.29, 0.717) is 18.4 Å². The van der Waals surface area contributed by atoms with Crippen LogP contribution < -0.4 is 9.47 Å². The number of para-hydroxylation sites is 1. The topological polar surface area (TPSA) is 31.4 Å². The van der Waals surface area contributed by atoms with Gasteiger partial charge in [-0.05, 0) is 36.5 Å². The third-order valence-corrected chi connectivity index (χ3v) is 3.95. The lowest BCUT2D eigenvalue weighted by molar-refractivity contribution is 0.282. The molecule has 1 atom stereocenters. The number of nitrogens with zero attached hydrogens (tertiary/aromatic N) is 1. The summed E-state index contributed by atoms with van der Waals surface area (Å²) in [6, 6.07) is 12.1. The van der Waals surface area contributed by atoms with Gasteiger partial charge in [0.1, 0.15) is 5.75 Å². The van der Waals surface area contributed by atoms with Crippen molar-refractivity contribution in [2.75, 3.05) is 13.2 Å². The van der Waals surface area contributed by atoms with Gasteiger partial charge in [-0.15, -0.1) is 0 Å². The molecule has 23 heavy (non-hydrogen) atoms. The van der Waals surface area contributed by atoms with Gasteiger partial charge in [-0.25, -0.2) is 4.98 Å². The number of ether oxygens (including phenoxy) is 2. The van der Waals surface area contributed by atoms with E-state index in [1.54, 1.807) is 6.20 Å². The zero-order valence-electron chi connectivity index (χ0n) is 14.4. The molecule has 0 aliphatic heterocycles.